The van der Waals surface area contributed by atoms with Crippen LogP contribution < -0.4 is 5.32 Å². The molecular formula is C22H30FN5O3S. The van der Waals surface area contributed by atoms with E-state index >= 15 is 0 Å². The minimum atomic E-state index is -0.342. The predicted octanol–water partition coefficient (Wildman–Crippen LogP) is 2.16. The summed E-state index contributed by atoms with van der Waals surface area (Å²) in [6.45, 7) is 7.96. The first kappa shape index (κ1) is 24.2. The van der Waals surface area contributed by atoms with Crippen LogP contribution in [0, 0.1) is 19.7 Å². The fourth-order valence-electron chi connectivity index (χ4n) is 3.49. The van der Waals surface area contributed by atoms with E-state index in [1.54, 1.807) is 7.11 Å². The molecule has 174 valence electrons. The van der Waals surface area contributed by atoms with E-state index in [1.165, 1.54) is 36.0 Å². The second-order valence-corrected chi connectivity index (χ2v) is 8.65. The Labute approximate surface area is 192 Å². The number of aryl methyl sites for hydroxylation is 1. The molecule has 2 aromatic rings. The van der Waals surface area contributed by atoms with Crippen molar-refractivity contribution in [3.05, 3.63) is 41.5 Å². The Morgan fingerprint density at radius 2 is 1.84 bits per heavy atom. The van der Waals surface area contributed by atoms with E-state index in [0.717, 1.165) is 16.5 Å². The van der Waals surface area contributed by atoms with Gasteiger partial charge in [-0.05, 0) is 38.1 Å². The molecule has 0 atom stereocenters. The lowest BCUT2D eigenvalue weighted by Gasteiger charge is -2.34. The molecule has 0 radical (unpaired) electrons. The van der Waals surface area contributed by atoms with Crippen LogP contribution in [-0.2, 0) is 20.9 Å². The highest BCUT2D eigenvalue weighted by atomic mass is 32.2. The molecule has 0 unspecified atom stereocenters. The first-order chi connectivity index (χ1) is 15.4. The average Bonchev–Trinajstić information content (AvgIpc) is 3.05. The number of thioether (sulfide) groups is 1. The van der Waals surface area contributed by atoms with Crippen molar-refractivity contribution in [2.75, 3.05) is 57.5 Å². The Balaban J connectivity index is 1.43. The summed E-state index contributed by atoms with van der Waals surface area (Å²) >= 11 is 1.45. The summed E-state index contributed by atoms with van der Waals surface area (Å²) < 4.78 is 20.2. The Kier molecular flexibility index (Phi) is 8.66. The zero-order chi connectivity index (χ0) is 23.1. The summed E-state index contributed by atoms with van der Waals surface area (Å²) in [5.74, 6) is -0.0951. The lowest BCUT2D eigenvalue weighted by atomic mass is 10.3. The van der Waals surface area contributed by atoms with Crippen LogP contribution in [0.3, 0.4) is 0 Å². The highest BCUT2D eigenvalue weighted by molar-refractivity contribution is 7.99. The second-order valence-electron chi connectivity index (χ2n) is 7.71. The van der Waals surface area contributed by atoms with Gasteiger partial charge in [0.2, 0.25) is 11.8 Å². The van der Waals surface area contributed by atoms with E-state index in [0.29, 0.717) is 50.8 Å². The van der Waals surface area contributed by atoms with Crippen LogP contribution in [0.5, 0.6) is 0 Å². The number of aromatic nitrogens is 2. The number of nitrogens with zero attached hydrogens (tertiary/aromatic N) is 4. The molecule has 0 spiro atoms. The predicted molar refractivity (Wildman–Crippen MR) is 122 cm³/mol. The van der Waals surface area contributed by atoms with Gasteiger partial charge in [0, 0.05) is 51.2 Å². The maximum atomic E-state index is 13.0. The molecule has 0 aliphatic carbocycles. The number of amides is 2. The third kappa shape index (κ3) is 6.54. The third-order valence-electron chi connectivity index (χ3n) is 5.49. The number of rotatable bonds is 9. The van der Waals surface area contributed by atoms with Gasteiger partial charge < -0.3 is 19.5 Å². The first-order valence-corrected chi connectivity index (χ1v) is 11.6. The van der Waals surface area contributed by atoms with E-state index in [9.17, 15) is 14.0 Å². The highest BCUT2D eigenvalue weighted by Gasteiger charge is 2.23. The van der Waals surface area contributed by atoms with Crippen LogP contribution >= 0.6 is 11.8 Å². The zero-order valence-corrected chi connectivity index (χ0v) is 19.6. The fraction of sp³-hybridized carbons (Fsp3) is 0.500. The summed E-state index contributed by atoms with van der Waals surface area (Å²) in [4.78, 5) is 33.4. The van der Waals surface area contributed by atoms with E-state index < -0.39 is 0 Å². The number of carbonyl (C=O) groups excluding carboxylic acids is 2. The molecule has 1 aliphatic heterocycles. The first-order valence-electron chi connectivity index (χ1n) is 10.6. The van der Waals surface area contributed by atoms with Crippen molar-refractivity contribution in [3.63, 3.8) is 0 Å². The Morgan fingerprint density at radius 3 is 2.50 bits per heavy atom. The maximum absolute atomic E-state index is 13.0. The van der Waals surface area contributed by atoms with Gasteiger partial charge in [0.15, 0.2) is 5.16 Å². The summed E-state index contributed by atoms with van der Waals surface area (Å²) in [6.07, 6.45) is 0. The van der Waals surface area contributed by atoms with E-state index in [4.69, 9.17) is 4.74 Å². The Hall–Kier alpha value is -2.43. The SMILES string of the molecule is COCCn1c(SCC(=O)N2CCN(CC(=O)Nc3ccc(F)cc3)CC2)nc(C)c1C. The van der Waals surface area contributed by atoms with Gasteiger partial charge in [0.05, 0.1) is 24.6 Å². The monoisotopic (exact) mass is 463 g/mol. The molecule has 2 heterocycles. The quantitative estimate of drug-likeness (QED) is 0.574. The number of hydrogen-bond acceptors (Lipinski definition) is 6. The minimum absolute atomic E-state index is 0.0713. The number of carbonyl (C=O) groups is 2. The van der Waals surface area contributed by atoms with Gasteiger partial charge in [-0.3, -0.25) is 14.5 Å². The van der Waals surface area contributed by atoms with E-state index in [-0.39, 0.29) is 24.2 Å². The van der Waals surface area contributed by atoms with Crippen LogP contribution in [0.25, 0.3) is 0 Å². The van der Waals surface area contributed by atoms with Gasteiger partial charge in [0.25, 0.3) is 0 Å². The molecule has 8 nitrogen and oxygen atoms in total. The average molecular weight is 464 g/mol. The Morgan fingerprint density at radius 1 is 1.16 bits per heavy atom. The van der Waals surface area contributed by atoms with E-state index in [2.05, 4.69) is 14.9 Å². The summed E-state index contributed by atoms with van der Waals surface area (Å²) in [7, 11) is 1.67. The number of imidazole rings is 1. The smallest absolute Gasteiger partial charge is 0.238 e. The van der Waals surface area contributed by atoms with Gasteiger partial charge in [-0.2, -0.15) is 0 Å². The Bertz CT molecular complexity index is 926. The number of ether oxygens (including phenoxy) is 1. The number of methoxy groups -OCH3 is 1. The minimum Gasteiger partial charge on any atom is -0.383 e. The number of anilines is 1. The topological polar surface area (TPSA) is 79.7 Å². The standard InChI is InChI=1S/C22H30FN5O3S/c1-16-17(2)28(12-13-31-3)22(24-16)32-15-21(30)27-10-8-26(9-11-27)14-20(29)25-19-6-4-18(23)5-7-19/h4-7H,8-15H2,1-3H3,(H,25,29). The summed E-state index contributed by atoms with van der Waals surface area (Å²) in [5, 5.41) is 3.60. The number of nitrogens with one attached hydrogen (secondary N) is 1. The van der Waals surface area contributed by atoms with Crippen LogP contribution in [-0.4, -0.2) is 83.4 Å². The number of benzene rings is 1. The largest absolute Gasteiger partial charge is 0.383 e. The van der Waals surface area contributed by atoms with Crippen LogP contribution in [0.1, 0.15) is 11.4 Å². The van der Waals surface area contributed by atoms with Gasteiger partial charge >= 0.3 is 0 Å². The molecule has 0 saturated carbocycles. The highest BCUT2D eigenvalue weighted by Crippen LogP contribution is 2.22. The summed E-state index contributed by atoms with van der Waals surface area (Å²) in [5.41, 5.74) is 2.62. The van der Waals surface area contributed by atoms with Crippen molar-refractivity contribution in [1.29, 1.82) is 0 Å². The van der Waals surface area contributed by atoms with Gasteiger partial charge in [-0.15, -0.1) is 0 Å². The lowest BCUT2D eigenvalue weighted by molar-refractivity contribution is -0.130. The molecule has 1 saturated heterocycles. The van der Waals surface area contributed by atoms with Crippen LogP contribution in [0.2, 0.25) is 0 Å². The molecular weight excluding hydrogens is 433 g/mol. The maximum Gasteiger partial charge on any atom is 0.238 e. The van der Waals surface area contributed by atoms with Crippen molar-refractivity contribution in [3.8, 4) is 0 Å². The molecule has 10 heteroatoms. The number of piperazine rings is 1. The van der Waals surface area contributed by atoms with Gasteiger partial charge in [-0.25, -0.2) is 9.37 Å². The normalized spacial score (nSPS) is 14.6. The number of hydrogen-bond donors (Lipinski definition) is 1. The van der Waals surface area contributed by atoms with E-state index in [1.807, 2.05) is 23.6 Å². The summed E-state index contributed by atoms with van der Waals surface area (Å²) in [6, 6.07) is 5.69. The second kappa shape index (κ2) is 11.4. The molecule has 1 aromatic carbocycles. The van der Waals surface area contributed by atoms with Gasteiger partial charge in [0.1, 0.15) is 5.82 Å². The molecule has 1 N–H and O–H groups in total. The molecule has 1 aromatic heterocycles. The fourth-order valence-corrected chi connectivity index (χ4v) is 4.51. The molecule has 32 heavy (non-hydrogen) atoms. The van der Waals surface area contributed by atoms with Gasteiger partial charge in [-0.1, -0.05) is 11.8 Å². The lowest BCUT2D eigenvalue weighted by Crippen LogP contribution is -2.50. The molecule has 2 amide bonds. The van der Waals surface area contributed by atoms with Crippen LogP contribution in [0.15, 0.2) is 29.4 Å². The molecule has 0 bridgehead atoms. The molecule has 1 fully saturated rings. The van der Waals surface area contributed by atoms with Crippen LogP contribution in [0.4, 0.5) is 10.1 Å². The van der Waals surface area contributed by atoms with Crippen molar-refractivity contribution in [2.45, 2.75) is 25.5 Å². The molecule has 3 rings (SSSR count). The van der Waals surface area contributed by atoms with Crippen molar-refractivity contribution in [1.82, 2.24) is 19.4 Å². The third-order valence-corrected chi connectivity index (χ3v) is 6.45. The molecule has 1 aliphatic rings. The van der Waals surface area contributed by atoms with Crippen molar-refractivity contribution >= 4 is 29.3 Å². The number of halogens is 1. The zero-order valence-electron chi connectivity index (χ0n) is 18.8. The van der Waals surface area contributed by atoms with Crippen molar-refractivity contribution < 1.29 is 18.7 Å². The van der Waals surface area contributed by atoms with Crippen molar-refractivity contribution in [2.24, 2.45) is 0 Å².